The van der Waals surface area contributed by atoms with E-state index in [2.05, 4.69) is 59.2 Å². The number of hydrogen-bond donors (Lipinski definition) is 2. The molecule has 0 heterocycles. The Labute approximate surface area is 182 Å². The van der Waals surface area contributed by atoms with Crippen LogP contribution in [0.25, 0.3) is 0 Å². The Kier molecular flexibility index (Phi) is 5.06. The topological polar surface area (TPSA) is 58.2 Å². The van der Waals surface area contributed by atoms with Crippen molar-refractivity contribution in [3.63, 3.8) is 0 Å². The predicted molar refractivity (Wildman–Crippen MR) is 122 cm³/mol. The van der Waals surface area contributed by atoms with Crippen LogP contribution in [0.5, 0.6) is 0 Å². The number of carbonyl (C=O) groups excluding carboxylic acids is 2. The number of anilines is 1. The zero-order chi connectivity index (χ0) is 21.4. The van der Waals surface area contributed by atoms with Crippen molar-refractivity contribution in [2.24, 2.45) is 5.92 Å². The Bertz CT molecular complexity index is 1090. The second kappa shape index (κ2) is 8.03. The molecule has 4 nitrogen and oxygen atoms in total. The minimum Gasteiger partial charge on any atom is -0.356 e. The second-order valence-corrected chi connectivity index (χ2v) is 8.64. The van der Waals surface area contributed by atoms with Crippen molar-refractivity contribution in [3.05, 3.63) is 101 Å². The average molecular weight is 411 g/mol. The van der Waals surface area contributed by atoms with Gasteiger partial charge in [-0.15, -0.1) is 0 Å². The van der Waals surface area contributed by atoms with Gasteiger partial charge in [0.25, 0.3) is 0 Å². The average Bonchev–Trinajstić information content (AvgIpc) is 2.79. The van der Waals surface area contributed by atoms with Crippen molar-refractivity contribution in [1.82, 2.24) is 5.32 Å². The molecule has 0 aromatic heterocycles. The van der Waals surface area contributed by atoms with Gasteiger partial charge in [-0.1, -0.05) is 60.7 Å². The van der Waals surface area contributed by atoms with Crippen molar-refractivity contribution in [1.29, 1.82) is 0 Å². The first-order valence-electron chi connectivity index (χ1n) is 10.9. The summed E-state index contributed by atoms with van der Waals surface area (Å²) in [5, 5.41) is 5.93. The number of nitrogens with one attached hydrogen (secondary N) is 2. The van der Waals surface area contributed by atoms with Gasteiger partial charge in [-0.05, 0) is 52.3 Å². The summed E-state index contributed by atoms with van der Waals surface area (Å²) in [4.78, 5) is 23.8. The van der Waals surface area contributed by atoms with Crippen molar-refractivity contribution < 1.29 is 9.59 Å². The van der Waals surface area contributed by atoms with Crippen LogP contribution < -0.4 is 10.6 Å². The summed E-state index contributed by atoms with van der Waals surface area (Å²) in [5.74, 6) is 1.10. The Morgan fingerprint density at radius 1 is 0.839 bits per heavy atom. The van der Waals surface area contributed by atoms with E-state index in [9.17, 15) is 9.59 Å². The van der Waals surface area contributed by atoms with E-state index in [1.54, 1.807) is 0 Å². The van der Waals surface area contributed by atoms with E-state index in [1.165, 1.54) is 29.2 Å². The molecule has 3 aliphatic rings. The summed E-state index contributed by atoms with van der Waals surface area (Å²) in [6, 6.07) is 25.0. The molecule has 2 N–H and O–H groups in total. The van der Waals surface area contributed by atoms with Crippen molar-refractivity contribution >= 4 is 17.5 Å². The molecule has 6 rings (SSSR count). The maximum Gasteiger partial charge on any atom is 0.224 e. The number of benzene rings is 3. The summed E-state index contributed by atoms with van der Waals surface area (Å²) < 4.78 is 0. The standard InChI is InChI=1S/C27H26N2O2/c1-17(30)29-20-12-10-18(11-13-20)14-26(31)28-16-19-15-25-21-6-2-4-8-23(21)27(19)24-9-5-3-7-22(24)25/h2-13,19,25,27H,14-16H2,1H3,(H,28,31)(H,29,30). The van der Waals surface area contributed by atoms with Crippen LogP contribution >= 0.6 is 0 Å². The van der Waals surface area contributed by atoms with E-state index < -0.39 is 0 Å². The Morgan fingerprint density at radius 2 is 1.42 bits per heavy atom. The molecule has 0 saturated carbocycles. The first-order valence-corrected chi connectivity index (χ1v) is 10.9. The van der Waals surface area contributed by atoms with Gasteiger partial charge < -0.3 is 10.6 Å². The summed E-state index contributed by atoms with van der Waals surface area (Å²) in [5.41, 5.74) is 7.43. The van der Waals surface area contributed by atoms with E-state index in [0.717, 1.165) is 17.7 Å². The number of fused-ring (bicyclic) bond motifs is 1. The van der Waals surface area contributed by atoms with Crippen LogP contribution in [0.1, 0.15) is 53.0 Å². The highest BCUT2D eigenvalue weighted by Gasteiger charge is 2.42. The van der Waals surface area contributed by atoms with Gasteiger partial charge >= 0.3 is 0 Å². The van der Waals surface area contributed by atoms with Gasteiger partial charge in [0.1, 0.15) is 0 Å². The molecule has 3 aromatic rings. The summed E-state index contributed by atoms with van der Waals surface area (Å²) in [6.07, 6.45) is 1.42. The van der Waals surface area contributed by atoms with Crippen LogP contribution in [0.15, 0.2) is 72.8 Å². The zero-order valence-corrected chi connectivity index (χ0v) is 17.6. The molecule has 0 fully saturated rings. The van der Waals surface area contributed by atoms with Gasteiger partial charge in [-0.25, -0.2) is 0 Å². The van der Waals surface area contributed by atoms with Crippen LogP contribution in [0.4, 0.5) is 5.69 Å². The number of hydrogen-bond acceptors (Lipinski definition) is 2. The fourth-order valence-electron chi connectivity index (χ4n) is 5.36. The first-order chi connectivity index (χ1) is 15.1. The fraction of sp³-hybridized carbons (Fsp3) is 0.259. The third-order valence-corrected chi connectivity index (χ3v) is 6.62. The molecular weight excluding hydrogens is 384 g/mol. The third-order valence-electron chi connectivity index (χ3n) is 6.62. The molecule has 0 radical (unpaired) electrons. The monoisotopic (exact) mass is 410 g/mol. The lowest BCUT2D eigenvalue weighted by molar-refractivity contribution is -0.120. The summed E-state index contributed by atoms with van der Waals surface area (Å²) in [6.45, 7) is 2.17. The minimum atomic E-state index is -0.101. The van der Waals surface area contributed by atoms with Gasteiger partial charge in [-0.2, -0.15) is 0 Å². The molecule has 2 bridgehead atoms. The van der Waals surface area contributed by atoms with Crippen LogP contribution in [0.3, 0.4) is 0 Å². The SMILES string of the molecule is CC(=O)Nc1ccc(CC(=O)NCC2CC3c4ccccc4C2c2ccccc23)cc1. The van der Waals surface area contributed by atoms with Gasteiger partial charge in [0.05, 0.1) is 6.42 Å². The molecular formula is C27H26N2O2. The number of carbonyl (C=O) groups is 2. The van der Waals surface area contributed by atoms with Crippen molar-refractivity contribution in [2.45, 2.75) is 31.6 Å². The highest BCUT2D eigenvalue weighted by atomic mass is 16.2. The van der Waals surface area contributed by atoms with Crippen molar-refractivity contribution in [3.8, 4) is 0 Å². The second-order valence-electron chi connectivity index (χ2n) is 8.64. The molecule has 0 saturated heterocycles. The van der Waals surface area contributed by atoms with Gasteiger partial charge in [-0.3, -0.25) is 9.59 Å². The maximum atomic E-state index is 12.6. The fourth-order valence-corrected chi connectivity index (χ4v) is 5.36. The summed E-state index contributed by atoms with van der Waals surface area (Å²) in [7, 11) is 0. The first kappa shape index (κ1) is 19.6. The third kappa shape index (κ3) is 3.74. The summed E-state index contributed by atoms with van der Waals surface area (Å²) >= 11 is 0. The molecule has 0 aliphatic heterocycles. The lowest BCUT2D eigenvalue weighted by atomic mass is 9.59. The minimum absolute atomic E-state index is 0.0373. The highest BCUT2D eigenvalue weighted by molar-refractivity contribution is 5.88. The quantitative estimate of drug-likeness (QED) is 0.646. The van der Waals surface area contributed by atoms with Crippen LogP contribution in [-0.2, 0) is 16.0 Å². The smallest absolute Gasteiger partial charge is 0.224 e. The largest absolute Gasteiger partial charge is 0.356 e. The van der Waals surface area contributed by atoms with Crippen LogP contribution in [0.2, 0.25) is 0 Å². The van der Waals surface area contributed by atoms with Gasteiger partial charge in [0.15, 0.2) is 0 Å². The number of amides is 2. The lowest BCUT2D eigenvalue weighted by Crippen LogP contribution is -2.39. The van der Waals surface area contributed by atoms with Crippen LogP contribution in [0, 0.1) is 5.92 Å². The normalized spacial score (nSPS) is 20.5. The van der Waals surface area contributed by atoms with Gasteiger partial charge in [0, 0.05) is 31.0 Å². The van der Waals surface area contributed by atoms with Gasteiger partial charge in [0.2, 0.25) is 11.8 Å². The molecule has 1 unspecified atom stereocenters. The molecule has 3 aromatic carbocycles. The van der Waals surface area contributed by atoms with Crippen LogP contribution in [-0.4, -0.2) is 18.4 Å². The van der Waals surface area contributed by atoms with E-state index in [-0.39, 0.29) is 11.8 Å². The Morgan fingerprint density at radius 3 is 2.00 bits per heavy atom. The maximum absolute atomic E-state index is 12.6. The Hall–Kier alpha value is -3.40. The molecule has 3 aliphatic carbocycles. The molecule has 4 heteroatoms. The molecule has 0 spiro atoms. The van der Waals surface area contributed by atoms with E-state index in [1.807, 2.05) is 24.3 Å². The molecule has 1 atom stereocenters. The van der Waals surface area contributed by atoms with E-state index in [4.69, 9.17) is 0 Å². The zero-order valence-electron chi connectivity index (χ0n) is 17.6. The van der Waals surface area contributed by atoms with E-state index >= 15 is 0 Å². The number of rotatable bonds is 5. The van der Waals surface area contributed by atoms with Crippen molar-refractivity contribution in [2.75, 3.05) is 11.9 Å². The van der Waals surface area contributed by atoms with E-state index in [0.29, 0.717) is 30.7 Å². The highest BCUT2D eigenvalue weighted by Crippen LogP contribution is 2.55. The molecule has 31 heavy (non-hydrogen) atoms. The predicted octanol–water partition coefficient (Wildman–Crippen LogP) is 4.60. The Balaban J connectivity index is 1.27. The molecule has 2 amide bonds. The lowest BCUT2D eigenvalue weighted by Gasteiger charge is -2.45. The molecule has 156 valence electrons.